The van der Waals surface area contributed by atoms with E-state index >= 15 is 0 Å². The van der Waals surface area contributed by atoms with Crippen LogP contribution in [0.4, 0.5) is 0 Å². The number of halogens is 2. The second-order valence-corrected chi connectivity index (χ2v) is 13.4. The van der Waals surface area contributed by atoms with E-state index in [1.807, 2.05) is 55.0 Å². The van der Waals surface area contributed by atoms with Gasteiger partial charge in [0.1, 0.15) is 36.1 Å². The zero-order valence-corrected chi connectivity index (χ0v) is 30.4. The number of ether oxygens (including phenoxy) is 2. The summed E-state index contributed by atoms with van der Waals surface area (Å²) in [7, 11) is 6.00. The zero-order chi connectivity index (χ0) is 33.0. The third-order valence-electron chi connectivity index (χ3n) is 7.66. The normalized spacial score (nSPS) is 11.4. The van der Waals surface area contributed by atoms with Crippen molar-refractivity contribution in [1.82, 2.24) is 40.2 Å². The molecule has 5 rings (SSSR count). The molecule has 248 valence electrons. The number of hydrogen-bond acceptors (Lipinski definition) is 8. The Morgan fingerprint density at radius 3 is 1.64 bits per heavy atom. The van der Waals surface area contributed by atoms with Gasteiger partial charge in [-0.15, -0.1) is 10.2 Å². The van der Waals surface area contributed by atoms with Crippen LogP contribution in [-0.4, -0.2) is 82.3 Å². The van der Waals surface area contributed by atoms with Crippen molar-refractivity contribution >= 4 is 31.9 Å². The lowest BCUT2D eigenvalue weighted by atomic mass is 10.1. The molecule has 2 aromatic heterocycles. The van der Waals surface area contributed by atoms with Gasteiger partial charge in [-0.05, 0) is 114 Å². The first-order valence-electron chi connectivity index (χ1n) is 15.9. The summed E-state index contributed by atoms with van der Waals surface area (Å²) in [5, 5.41) is 20.6. The summed E-state index contributed by atoms with van der Waals surface area (Å²) >= 11 is 7.28. The molecule has 2 heterocycles. The molecular weight excluding hydrogens is 724 g/mol. The van der Waals surface area contributed by atoms with Gasteiger partial charge in [0.15, 0.2) is 0 Å². The molecule has 0 saturated carbocycles. The van der Waals surface area contributed by atoms with E-state index in [-0.39, 0.29) is 0 Å². The number of aromatic nitrogens is 6. The fourth-order valence-corrected chi connectivity index (χ4v) is 6.10. The fraction of sp³-hybridized carbons (Fsp3) is 0.371. The van der Waals surface area contributed by atoms with Crippen molar-refractivity contribution in [3.63, 3.8) is 0 Å². The van der Waals surface area contributed by atoms with E-state index in [4.69, 9.17) is 9.47 Å². The van der Waals surface area contributed by atoms with Gasteiger partial charge in [-0.3, -0.25) is 9.36 Å². The van der Waals surface area contributed by atoms with Crippen LogP contribution in [0.1, 0.15) is 24.0 Å². The monoisotopic (exact) mass is 764 g/mol. The largest absolute Gasteiger partial charge is 0.491 e. The van der Waals surface area contributed by atoms with Gasteiger partial charge in [-0.2, -0.15) is 0 Å². The van der Waals surface area contributed by atoms with Crippen molar-refractivity contribution in [1.29, 1.82) is 0 Å². The molecule has 5 aromatic rings. The van der Waals surface area contributed by atoms with Crippen LogP contribution in [0, 0.1) is 0 Å². The molecular formula is C35H42Br2N8O2. The van der Waals surface area contributed by atoms with Crippen LogP contribution in [0.25, 0.3) is 22.5 Å². The molecule has 0 saturated heterocycles. The molecule has 0 bridgehead atoms. The minimum absolute atomic E-state index is 0.637. The van der Waals surface area contributed by atoms with Crippen LogP contribution in [0.2, 0.25) is 0 Å². The van der Waals surface area contributed by atoms with Crippen LogP contribution in [0.15, 0.2) is 82.0 Å². The van der Waals surface area contributed by atoms with Crippen LogP contribution >= 0.6 is 31.9 Å². The van der Waals surface area contributed by atoms with E-state index in [1.54, 1.807) is 0 Å². The van der Waals surface area contributed by atoms with Gasteiger partial charge < -0.3 is 19.7 Å². The first kappa shape index (κ1) is 34.7. The Morgan fingerprint density at radius 1 is 0.702 bits per heavy atom. The lowest BCUT2D eigenvalue weighted by molar-refractivity contribution is 0.260. The van der Waals surface area contributed by atoms with E-state index in [1.165, 1.54) is 11.1 Å². The highest BCUT2D eigenvalue weighted by atomic mass is 79.9. The summed E-state index contributed by atoms with van der Waals surface area (Å²) in [5.41, 5.74) is 6.26. The standard InChI is InChI=1S/C35H42Br2N8O2/c1-38-16-20-46-34-14-8-26(22-30(34)36)6-4-17-44-24-32(39-41-44)28-10-12-29(13-11-28)33-25-45(42-40-33)18-5-7-27-9-15-35(31(37)23-27)47-21-19-43(2)3/h8-15,22-25,38H,4-7,16-21H2,1-3H3. The number of aryl methyl sites for hydroxylation is 4. The summed E-state index contributed by atoms with van der Waals surface area (Å²) < 4.78 is 17.4. The van der Waals surface area contributed by atoms with Gasteiger partial charge in [0, 0.05) is 37.3 Å². The molecule has 0 atom stereocenters. The van der Waals surface area contributed by atoms with Crippen LogP contribution in [0.5, 0.6) is 11.5 Å². The third kappa shape index (κ3) is 10.5. The molecule has 0 radical (unpaired) electrons. The summed E-state index contributed by atoms with van der Waals surface area (Å²) in [6.07, 6.45) is 7.81. The van der Waals surface area contributed by atoms with E-state index < -0.39 is 0 Å². The molecule has 47 heavy (non-hydrogen) atoms. The van der Waals surface area contributed by atoms with Crippen molar-refractivity contribution in [3.8, 4) is 34.0 Å². The second-order valence-electron chi connectivity index (χ2n) is 11.7. The van der Waals surface area contributed by atoms with Crippen molar-refractivity contribution in [2.75, 3.05) is 47.4 Å². The zero-order valence-electron chi connectivity index (χ0n) is 27.2. The Kier molecular flexibility index (Phi) is 13.0. The smallest absolute Gasteiger partial charge is 0.133 e. The summed E-state index contributed by atoms with van der Waals surface area (Å²) in [4.78, 5) is 2.11. The number of nitrogens with zero attached hydrogens (tertiary/aromatic N) is 7. The van der Waals surface area contributed by atoms with Gasteiger partial charge in [0.05, 0.1) is 21.3 Å². The average Bonchev–Trinajstić information content (AvgIpc) is 3.74. The molecule has 0 spiro atoms. The highest BCUT2D eigenvalue weighted by Gasteiger charge is 2.09. The quantitative estimate of drug-likeness (QED) is 0.101. The first-order valence-corrected chi connectivity index (χ1v) is 17.5. The maximum absolute atomic E-state index is 5.87. The number of benzene rings is 3. The maximum Gasteiger partial charge on any atom is 0.133 e. The Balaban J connectivity index is 1.07. The number of hydrogen-bond donors (Lipinski definition) is 1. The summed E-state index contributed by atoms with van der Waals surface area (Å²) in [5.74, 6) is 1.74. The van der Waals surface area contributed by atoms with E-state index in [0.29, 0.717) is 13.2 Å². The second kappa shape index (κ2) is 17.5. The SMILES string of the molecule is CNCCOc1ccc(CCCn2cc(-c3ccc(-c4cn(CCCc5ccc(OCCN(C)C)c(Br)c5)nn4)cc3)nn2)cc1Br. The topological polar surface area (TPSA) is 95.2 Å². The van der Waals surface area contributed by atoms with Gasteiger partial charge >= 0.3 is 0 Å². The molecule has 0 aliphatic carbocycles. The molecule has 0 aliphatic rings. The van der Waals surface area contributed by atoms with Crippen LogP contribution in [0.3, 0.4) is 0 Å². The molecule has 1 N–H and O–H groups in total. The number of nitrogens with one attached hydrogen (secondary N) is 1. The molecule has 10 nitrogen and oxygen atoms in total. The van der Waals surface area contributed by atoms with E-state index in [9.17, 15) is 0 Å². The van der Waals surface area contributed by atoms with Gasteiger partial charge in [0.2, 0.25) is 0 Å². The molecule has 0 fully saturated rings. The molecule has 0 amide bonds. The molecule has 3 aromatic carbocycles. The minimum Gasteiger partial charge on any atom is -0.491 e. The Morgan fingerprint density at radius 2 is 1.19 bits per heavy atom. The predicted octanol–water partition coefficient (Wildman–Crippen LogP) is 6.53. The van der Waals surface area contributed by atoms with Crippen LogP contribution in [-0.2, 0) is 25.9 Å². The van der Waals surface area contributed by atoms with Crippen molar-refractivity contribution in [2.45, 2.75) is 38.8 Å². The van der Waals surface area contributed by atoms with E-state index in [0.717, 1.165) is 94.8 Å². The number of rotatable bonds is 18. The maximum atomic E-state index is 5.87. The lowest BCUT2D eigenvalue weighted by Gasteiger charge is -2.13. The van der Waals surface area contributed by atoms with Gasteiger partial charge in [0.25, 0.3) is 0 Å². The van der Waals surface area contributed by atoms with Crippen molar-refractivity contribution < 1.29 is 9.47 Å². The van der Waals surface area contributed by atoms with Crippen molar-refractivity contribution in [2.24, 2.45) is 0 Å². The summed E-state index contributed by atoms with van der Waals surface area (Å²) in [6, 6.07) is 20.8. The van der Waals surface area contributed by atoms with Gasteiger partial charge in [-0.1, -0.05) is 46.8 Å². The van der Waals surface area contributed by atoms with Gasteiger partial charge in [-0.25, -0.2) is 0 Å². The molecule has 12 heteroatoms. The van der Waals surface area contributed by atoms with E-state index in [2.05, 4.69) is 111 Å². The Labute approximate surface area is 293 Å². The highest BCUT2D eigenvalue weighted by Crippen LogP contribution is 2.28. The number of likely N-dealkylation sites (N-methyl/N-ethyl adjacent to an activating group) is 2. The Hall–Kier alpha value is -3.58. The predicted molar refractivity (Wildman–Crippen MR) is 193 cm³/mol. The van der Waals surface area contributed by atoms with Crippen molar-refractivity contribution in [3.05, 3.63) is 93.1 Å². The first-order chi connectivity index (χ1) is 22.9. The minimum atomic E-state index is 0.637. The highest BCUT2D eigenvalue weighted by molar-refractivity contribution is 9.10. The average molecular weight is 767 g/mol. The third-order valence-corrected chi connectivity index (χ3v) is 8.90. The van der Waals surface area contributed by atoms with Crippen LogP contribution < -0.4 is 14.8 Å². The summed E-state index contributed by atoms with van der Waals surface area (Å²) in [6.45, 7) is 4.57. The Bertz CT molecular complexity index is 1700. The molecule has 0 unspecified atom stereocenters. The molecule has 0 aliphatic heterocycles. The fourth-order valence-electron chi connectivity index (χ4n) is 5.02. The lowest BCUT2D eigenvalue weighted by Crippen LogP contribution is -2.19.